The van der Waals surface area contributed by atoms with Crippen molar-refractivity contribution < 1.29 is 0 Å². The van der Waals surface area contributed by atoms with Gasteiger partial charge in [0.15, 0.2) is 0 Å². The SMILES string of the molecule is CN(C)[C@@H]1CCC[C@H]1Nc1ncc(C#N)c(N)n1. The van der Waals surface area contributed by atoms with Crippen LogP contribution in [0.5, 0.6) is 0 Å². The van der Waals surface area contributed by atoms with Gasteiger partial charge in [-0.1, -0.05) is 0 Å². The van der Waals surface area contributed by atoms with Crippen LogP contribution >= 0.6 is 0 Å². The molecule has 1 fully saturated rings. The second-order valence-corrected chi connectivity index (χ2v) is 4.82. The molecule has 0 unspecified atom stereocenters. The molecule has 2 rings (SSSR count). The van der Waals surface area contributed by atoms with Crippen molar-refractivity contribution in [2.45, 2.75) is 31.3 Å². The summed E-state index contributed by atoms with van der Waals surface area (Å²) in [4.78, 5) is 10.5. The highest BCUT2D eigenvalue weighted by molar-refractivity contribution is 5.49. The molecule has 1 aromatic heterocycles. The fraction of sp³-hybridized carbons (Fsp3) is 0.583. The molecular weight excluding hydrogens is 228 g/mol. The molecule has 3 N–H and O–H groups in total. The molecule has 1 aliphatic rings. The average Bonchev–Trinajstić information content (AvgIpc) is 2.77. The minimum absolute atomic E-state index is 0.231. The molecule has 6 heteroatoms. The summed E-state index contributed by atoms with van der Waals surface area (Å²) in [5, 5.41) is 12.1. The predicted molar refractivity (Wildman–Crippen MR) is 69.9 cm³/mol. The number of likely N-dealkylation sites (N-methyl/N-ethyl adjacent to an activating group) is 1. The quantitative estimate of drug-likeness (QED) is 0.820. The molecule has 0 amide bonds. The third kappa shape index (κ3) is 2.51. The van der Waals surface area contributed by atoms with E-state index in [-0.39, 0.29) is 5.82 Å². The second kappa shape index (κ2) is 5.19. The Bertz CT molecular complexity index is 464. The summed E-state index contributed by atoms with van der Waals surface area (Å²) < 4.78 is 0. The van der Waals surface area contributed by atoms with Gasteiger partial charge in [-0.3, -0.25) is 0 Å². The van der Waals surface area contributed by atoms with Gasteiger partial charge in [0.1, 0.15) is 17.5 Å². The first-order valence-electron chi connectivity index (χ1n) is 6.07. The Kier molecular flexibility index (Phi) is 3.63. The van der Waals surface area contributed by atoms with E-state index in [1.54, 1.807) is 0 Å². The van der Waals surface area contributed by atoms with Gasteiger partial charge >= 0.3 is 0 Å². The lowest BCUT2D eigenvalue weighted by atomic mass is 10.1. The van der Waals surface area contributed by atoms with Gasteiger partial charge in [0.2, 0.25) is 5.95 Å². The van der Waals surface area contributed by atoms with E-state index < -0.39 is 0 Å². The molecule has 18 heavy (non-hydrogen) atoms. The van der Waals surface area contributed by atoms with Crippen LogP contribution in [0.25, 0.3) is 0 Å². The van der Waals surface area contributed by atoms with E-state index in [1.165, 1.54) is 19.0 Å². The Hall–Kier alpha value is -1.87. The van der Waals surface area contributed by atoms with Crippen LogP contribution in [0, 0.1) is 11.3 Å². The van der Waals surface area contributed by atoms with E-state index in [0.717, 1.165) is 6.42 Å². The van der Waals surface area contributed by atoms with Crippen molar-refractivity contribution in [1.82, 2.24) is 14.9 Å². The Morgan fingerprint density at radius 3 is 2.89 bits per heavy atom. The molecule has 0 bridgehead atoms. The number of hydrogen-bond donors (Lipinski definition) is 2. The monoisotopic (exact) mass is 246 g/mol. The van der Waals surface area contributed by atoms with Gasteiger partial charge in [-0.25, -0.2) is 4.98 Å². The number of nitrogens with two attached hydrogens (primary N) is 1. The van der Waals surface area contributed by atoms with Crippen molar-refractivity contribution in [3.05, 3.63) is 11.8 Å². The van der Waals surface area contributed by atoms with Gasteiger partial charge in [-0.05, 0) is 33.4 Å². The molecule has 1 heterocycles. The van der Waals surface area contributed by atoms with Crippen molar-refractivity contribution in [2.24, 2.45) is 0 Å². The number of anilines is 2. The lowest BCUT2D eigenvalue weighted by Gasteiger charge is -2.26. The Morgan fingerprint density at radius 2 is 2.28 bits per heavy atom. The maximum absolute atomic E-state index is 8.77. The highest BCUT2D eigenvalue weighted by Gasteiger charge is 2.29. The Balaban J connectivity index is 2.10. The molecule has 1 aliphatic carbocycles. The summed E-state index contributed by atoms with van der Waals surface area (Å²) in [7, 11) is 4.16. The van der Waals surface area contributed by atoms with Gasteiger partial charge in [0.05, 0.1) is 6.20 Å². The first-order valence-corrected chi connectivity index (χ1v) is 6.07. The van der Waals surface area contributed by atoms with Gasteiger partial charge in [0, 0.05) is 12.1 Å². The van der Waals surface area contributed by atoms with Crippen molar-refractivity contribution in [3.8, 4) is 6.07 Å². The molecule has 1 saturated carbocycles. The van der Waals surface area contributed by atoms with E-state index in [9.17, 15) is 0 Å². The zero-order valence-electron chi connectivity index (χ0n) is 10.7. The van der Waals surface area contributed by atoms with Crippen molar-refractivity contribution in [2.75, 3.05) is 25.1 Å². The molecule has 0 aromatic carbocycles. The van der Waals surface area contributed by atoms with Crippen LogP contribution in [0.4, 0.5) is 11.8 Å². The molecule has 1 aromatic rings. The van der Waals surface area contributed by atoms with Crippen LogP contribution in [0.15, 0.2) is 6.20 Å². The maximum Gasteiger partial charge on any atom is 0.224 e. The van der Waals surface area contributed by atoms with E-state index in [0.29, 0.717) is 23.6 Å². The third-order valence-corrected chi connectivity index (χ3v) is 3.40. The number of hydrogen-bond acceptors (Lipinski definition) is 6. The first kappa shape index (κ1) is 12.6. The molecule has 0 aliphatic heterocycles. The minimum atomic E-state index is 0.231. The lowest BCUT2D eigenvalue weighted by molar-refractivity contribution is 0.284. The van der Waals surface area contributed by atoms with Gasteiger partial charge < -0.3 is 16.0 Å². The molecule has 6 nitrogen and oxygen atoms in total. The van der Waals surface area contributed by atoms with E-state index >= 15 is 0 Å². The normalized spacial score (nSPS) is 23.0. The number of nitriles is 1. The maximum atomic E-state index is 8.77. The van der Waals surface area contributed by atoms with E-state index in [2.05, 4.69) is 34.3 Å². The molecule has 0 spiro atoms. The summed E-state index contributed by atoms with van der Waals surface area (Å²) in [6.45, 7) is 0. The molecular formula is C12H18N6. The molecule has 0 radical (unpaired) electrons. The zero-order chi connectivity index (χ0) is 13.1. The lowest BCUT2D eigenvalue weighted by Crippen LogP contribution is -2.39. The number of nitrogens with zero attached hydrogens (tertiary/aromatic N) is 4. The summed E-state index contributed by atoms with van der Waals surface area (Å²) in [5.74, 6) is 0.736. The van der Waals surface area contributed by atoms with Crippen molar-refractivity contribution in [1.29, 1.82) is 5.26 Å². The molecule has 2 atom stereocenters. The van der Waals surface area contributed by atoms with Crippen LogP contribution in [0.1, 0.15) is 24.8 Å². The average molecular weight is 246 g/mol. The van der Waals surface area contributed by atoms with Crippen molar-refractivity contribution >= 4 is 11.8 Å². The second-order valence-electron chi connectivity index (χ2n) is 4.82. The van der Waals surface area contributed by atoms with Gasteiger partial charge in [0.25, 0.3) is 0 Å². The highest BCUT2D eigenvalue weighted by Crippen LogP contribution is 2.25. The summed E-state index contributed by atoms with van der Waals surface area (Å²) >= 11 is 0. The zero-order valence-corrected chi connectivity index (χ0v) is 10.7. The van der Waals surface area contributed by atoms with Gasteiger partial charge in [-0.2, -0.15) is 10.2 Å². The topological polar surface area (TPSA) is 90.9 Å². The highest BCUT2D eigenvalue weighted by atomic mass is 15.2. The van der Waals surface area contributed by atoms with Crippen LogP contribution in [0.3, 0.4) is 0 Å². The van der Waals surface area contributed by atoms with Crippen LogP contribution in [-0.4, -0.2) is 41.0 Å². The summed E-state index contributed by atoms with van der Waals surface area (Å²) in [6.07, 6.45) is 4.94. The number of nitrogens with one attached hydrogen (secondary N) is 1. The van der Waals surface area contributed by atoms with Crippen LogP contribution in [-0.2, 0) is 0 Å². The van der Waals surface area contributed by atoms with Crippen molar-refractivity contribution in [3.63, 3.8) is 0 Å². The standard InChI is InChI=1S/C12H18N6/c1-18(2)10-5-3-4-9(10)16-12-15-7-8(6-13)11(14)17-12/h7,9-10H,3-5H2,1-2H3,(H3,14,15,16,17)/t9-,10-/m1/s1. The summed E-state index contributed by atoms with van der Waals surface area (Å²) in [5.41, 5.74) is 5.99. The molecule has 96 valence electrons. The number of rotatable bonds is 3. The third-order valence-electron chi connectivity index (χ3n) is 3.40. The van der Waals surface area contributed by atoms with E-state index in [1.807, 2.05) is 6.07 Å². The van der Waals surface area contributed by atoms with Crippen LogP contribution < -0.4 is 11.1 Å². The predicted octanol–water partition coefficient (Wildman–Crippen LogP) is 0.825. The fourth-order valence-electron chi connectivity index (χ4n) is 2.44. The van der Waals surface area contributed by atoms with Crippen LogP contribution in [0.2, 0.25) is 0 Å². The Labute approximate surface area is 107 Å². The Morgan fingerprint density at radius 1 is 1.50 bits per heavy atom. The first-order chi connectivity index (χ1) is 8.61. The smallest absolute Gasteiger partial charge is 0.224 e. The largest absolute Gasteiger partial charge is 0.382 e. The fourth-order valence-corrected chi connectivity index (χ4v) is 2.44. The number of aromatic nitrogens is 2. The number of nitrogen functional groups attached to an aromatic ring is 1. The summed E-state index contributed by atoms with van der Waals surface area (Å²) in [6, 6.07) is 2.79. The molecule has 0 saturated heterocycles. The minimum Gasteiger partial charge on any atom is -0.382 e. The van der Waals surface area contributed by atoms with Gasteiger partial charge in [-0.15, -0.1) is 0 Å². The van der Waals surface area contributed by atoms with E-state index in [4.69, 9.17) is 11.0 Å².